The normalized spacial score (nSPS) is 13.8. The molecular weight excluding hydrogens is 286 g/mol. The molecule has 2 rings (SSSR count). The summed E-state index contributed by atoms with van der Waals surface area (Å²) in [7, 11) is 0. The molecule has 1 aromatic heterocycles. The van der Waals surface area contributed by atoms with Gasteiger partial charge in [0.25, 0.3) is 5.91 Å². The van der Waals surface area contributed by atoms with E-state index in [0.29, 0.717) is 5.76 Å². The lowest BCUT2D eigenvalue weighted by Gasteiger charge is -2.15. The van der Waals surface area contributed by atoms with Gasteiger partial charge < -0.3 is 9.73 Å². The Morgan fingerprint density at radius 1 is 1.14 bits per heavy atom. The Labute approximate surface area is 130 Å². The summed E-state index contributed by atoms with van der Waals surface area (Å²) in [6.45, 7) is 7.89. The molecule has 2 unspecified atom stereocenters. The largest absolute Gasteiger partial charge is 0.454 e. The van der Waals surface area contributed by atoms with Crippen molar-refractivity contribution in [1.29, 1.82) is 0 Å². The van der Waals surface area contributed by atoms with Gasteiger partial charge in [-0.25, -0.2) is 0 Å². The molecule has 1 heterocycles. The predicted octanol–water partition coefficient (Wildman–Crippen LogP) is 4.69. The molecule has 0 aliphatic carbocycles. The Morgan fingerprint density at radius 3 is 2.43 bits per heavy atom. The molecule has 0 bridgehead atoms. The fourth-order valence-electron chi connectivity index (χ4n) is 2.07. The first kappa shape index (κ1) is 15.6. The predicted molar refractivity (Wildman–Crippen MR) is 84.8 cm³/mol. The minimum absolute atomic E-state index is 0.0845. The summed E-state index contributed by atoms with van der Waals surface area (Å²) in [5, 5.41) is 2.69. The fraction of sp³-hybridized carbons (Fsp3) is 0.353. The van der Waals surface area contributed by atoms with Crippen LogP contribution >= 0.6 is 11.6 Å². The smallest absolute Gasteiger partial charge is 0.287 e. The van der Waals surface area contributed by atoms with E-state index in [0.717, 1.165) is 5.56 Å². The van der Waals surface area contributed by atoms with Crippen molar-refractivity contribution >= 4 is 17.5 Å². The zero-order chi connectivity index (χ0) is 15.6. The summed E-state index contributed by atoms with van der Waals surface area (Å²) in [6, 6.07) is 9.48. The zero-order valence-electron chi connectivity index (χ0n) is 12.7. The minimum atomic E-state index is -0.247. The van der Waals surface area contributed by atoms with Crippen molar-refractivity contribution in [3.63, 3.8) is 0 Å². The van der Waals surface area contributed by atoms with Crippen molar-refractivity contribution in [1.82, 2.24) is 5.32 Å². The second kappa shape index (κ2) is 6.35. The van der Waals surface area contributed by atoms with Crippen LogP contribution in [0, 0.1) is 13.8 Å². The van der Waals surface area contributed by atoms with Crippen molar-refractivity contribution in [3.05, 3.63) is 58.5 Å². The van der Waals surface area contributed by atoms with E-state index in [1.54, 1.807) is 19.1 Å². The van der Waals surface area contributed by atoms with Crippen molar-refractivity contribution in [2.75, 3.05) is 0 Å². The molecule has 0 radical (unpaired) electrons. The van der Waals surface area contributed by atoms with Crippen LogP contribution in [0.5, 0.6) is 0 Å². The molecule has 21 heavy (non-hydrogen) atoms. The lowest BCUT2D eigenvalue weighted by Crippen LogP contribution is -2.26. The highest BCUT2D eigenvalue weighted by molar-refractivity contribution is 6.20. The van der Waals surface area contributed by atoms with Gasteiger partial charge in [-0.1, -0.05) is 18.2 Å². The first-order chi connectivity index (χ1) is 9.88. The number of aryl methyl sites for hydroxylation is 2. The molecule has 0 aliphatic rings. The van der Waals surface area contributed by atoms with Crippen LogP contribution in [0.4, 0.5) is 0 Å². The van der Waals surface area contributed by atoms with Gasteiger partial charge in [0.2, 0.25) is 0 Å². The monoisotopic (exact) mass is 305 g/mol. The van der Waals surface area contributed by atoms with Crippen LogP contribution in [0.25, 0.3) is 0 Å². The third-order valence-electron chi connectivity index (χ3n) is 3.62. The molecular formula is C17H20ClNO2. The number of carbonyl (C=O) groups excluding carboxylic acids is 1. The molecule has 1 amide bonds. The van der Waals surface area contributed by atoms with Gasteiger partial charge in [-0.3, -0.25) is 4.79 Å². The third-order valence-corrected chi connectivity index (χ3v) is 3.84. The van der Waals surface area contributed by atoms with E-state index in [9.17, 15) is 4.79 Å². The molecule has 4 heteroatoms. The molecule has 1 aromatic carbocycles. The summed E-state index contributed by atoms with van der Waals surface area (Å²) >= 11 is 5.93. The SMILES string of the molecule is Cc1ccc(C(C)NC(=O)c2ccc(C(C)Cl)o2)cc1C. The Bertz CT molecular complexity index is 646. The minimum Gasteiger partial charge on any atom is -0.454 e. The van der Waals surface area contributed by atoms with E-state index in [-0.39, 0.29) is 23.1 Å². The van der Waals surface area contributed by atoms with Gasteiger partial charge in [0, 0.05) is 0 Å². The highest BCUT2D eigenvalue weighted by atomic mass is 35.5. The molecule has 0 saturated heterocycles. The van der Waals surface area contributed by atoms with Crippen molar-refractivity contribution < 1.29 is 9.21 Å². The van der Waals surface area contributed by atoms with Crippen molar-refractivity contribution in [2.24, 2.45) is 0 Å². The average Bonchev–Trinajstić information content (AvgIpc) is 2.91. The van der Waals surface area contributed by atoms with Crippen molar-refractivity contribution in [2.45, 2.75) is 39.1 Å². The van der Waals surface area contributed by atoms with Crippen molar-refractivity contribution in [3.8, 4) is 0 Å². The molecule has 0 aliphatic heterocycles. The van der Waals surface area contributed by atoms with E-state index in [1.807, 2.05) is 13.0 Å². The van der Waals surface area contributed by atoms with E-state index >= 15 is 0 Å². The second-order valence-corrected chi connectivity index (χ2v) is 6.01. The fourth-order valence-corrected chi connectivity index (χ4v) is 2.19. The lowest BCUT2D eigenvalue weighted by atomic mass is 10.0. The average molecular weight is 306 g/mol. The highest BCUT2D eigenvalue weighted by Gasteiger charge is 2.16. The van der Waals surface area contributed by atoms with E-state index in [1.165, 1.54) is 11.1 Å². The summed E-state index contributed by atoms with van der Waals surface area (Å²) in [6.07, 6.45) is 0. The Hall–Kier alpha value is -1.74. The Balaban J connectivity index is 2.08. The van der Waals surface area contributed by atoms with Crippen LogP contribution < -0.4 is 5.32 Å². The van der Waals surface area contributed by atoms with Gasteiger partial charge in [0.05, 0.1) is 11.4 Å². The maximum atomic E-state index is 12.2. The number of amides is 1. The van der Waals surface area contributed by atoms with E-state index in [2.05, 4.69) is 31.3 Å². The number of nitrogens with one attached hydrogen (secondary N) is 1. The molecule has 2 atom stereocenters. The summed E-state index contributed by atoms with van der Waals surface area (Å²) in [5.74, 6) is 0.651. The Morgan fingerprint density at radius 2 is 1.86 bits per heavy atom. The molecule has 0 saturated carbocycles. The number of benzene rings is 1. The van der Waals surface area contributed by atoms with E-state index in [4.69, 9.17) is 16.0 Å². The maximum Gasteiger partial charge on any atom is 0.287 e. The molecule has 0 spiro atoms. The topological polar surface area (TPSA) is 42.2 Å². The van der Waals surface area contributed by atoms with Crippen LogP contribution in [0.1, 0.15) is 58.3 Å². The standard InChI is InChI=1S/C17H20ClNO2/c1-10-5-6-14(9-11(10)2)13(4)19-17(20)16-8-7-15(21-16)12(3)18/h5-9,12-13H,1-4H3,(H,19,20). The molecule has 2 aromatic rings. The quantitative estimate of drug-likeness (QED) is 0.833. The molecule has 112 valence electrons. The van der Waals surface area contributed by atoms with Gasteiger partial charge in [-0.2, -0.15) is 0 Å². The number of halogens is 1. The van der Waals surface area contributed by atoms with Crippen LogP contribution in [0.3, 0.4) is 0 Å². The lowest BCUT2D eigenvalue weighted by molar-refractivity contribution is 0.0910. The maximum absolute atomic E-state index is 12.2. The zero-order valence-corrected chi connectivity index (χ0v) is 13.5. The molecule has 3 nitrogen and oxygen atoms in total. The van der Waals surface area contributed by atoms with Gasteiger partial charge in [-0.05, 0) is 56.5 Å². The summed E-state index contributed by atoms with van der Waals surface area (Å²) in [4.78, 5) is 12.2. The van der Waals surface area contributed by atoms with Gasteiger partial charge >= 0.3 is 0 Å². The first-order valence-electron chi connectivity index (χ1n) is 7.00. The highest BCUT2D eigenvalue weighted by Crippen LogP contribution is 2.22. The number of rotatable bonds is 4. The van der Waals surface area contributed by atoms with E-state index < -0.39 is 0 Å². The van der Waals surface area contributed by atoms with Crippen LogP contribution in [0.2, 0.25) is 0 Å². The molecule has 1 N–H and O–H groups in total. The van der Waals surface area contributed by atoms with Gasteiger partial charge in [0.15, 0.2) is 5.76 Å². The summed E-state index contributed by atoms with van der Waals surface area (Å²) < 4.78 is 5.44. The van der Waals surface area contributed by atoms with Gasteiger partial charge in [-0.15, -0.1) is 11.6 Å². The Kier molecular flexibility index (Phi) is 4.73. The number of furan rings is 1. The second-order valence-electron chi connectivity index (χ2n) is 5.36. The van der Waals surface area contributed by atoms with Crippen LogP contribution in [0.15, 0.2) is 34.7 Å². The van der Waals surface area contributed by atoms with Crippen LogP contribution in [-0.2, 0) is 0 Å². The number of alkyl halides is 1. The first-order valence-corrected chi connectivity index (χ1v) is 7.44. The molecule has 0 fully saturated rings. The third kappa shape index (κ3) is 3.67. The van der Waals surface area contributed by atoms with Gasteiger partial charge in [0.1, 0.15) is 5.76 Å². The summed E-state index contributed by atoms with van der Waals surface area (Å²) in [5.41, 5.74) is 3.53. The number of hydrogen-bond acceptors (Lipinski definition) is 2. The number of hydrogen-bond donors (Lipinski definition) is 1. The number of carbonyl (C=O) groups is 1. The van der Waals surface area contributed by atoms with Crippen LogP contribution in [-0.4, -0.2) is 5.91 Å².